The fourth-order valence-electron chi connectivity index (χ4n) is 1.07. The molecule has 0 spiro atoms. The van der Waals surface area contributed by atoms with Crippen molar-refractivity contribution >= 4 is 11.6 Å². The van der Waals surface area contributed by atoms with E-state index in [0.717, 1.165) is 32.0 Å². The van der Waals surface area contributed by atoms with E-state index in [4.69, 9.17) is 16.3 Å². The summed E-state index contributed by atoms with van der Waals surface area (Å²) in [5.41, 5.74) is -0.0244. The topological polar surface area (TPSA) is 21.3 Å². The standard InChI is InChI=1S/C11H24ClNO/c1-10(5-6-12)9-13-7-8-14-11(2,3)4/h10,13H,5-9H2,1-4H3. The Morgan fingerprint density at radius 3 is 2.50 bits per heavy atom. The minimum atomic E-state index is -0.0244. The Balaban J connectivity index is 3.21. The molecule has 1 atom stereocenters. The van der Waals surface area contributed by atoms with Gasteiger partial charge in [0.2, 0.25) is 0 Å². The first-order chi connectivity index (χ1) is 6.45. The molecule has 0 amide bonds. The summed E-state index contributed by atoms with van der Waals surface area (Å²) in [4.78, 5) is 0. The van der Waals surface area contributed by atoms with Crippen molar-refractivity contribution in [3.8, 4) is 0 Å². The minimum Gasteiger partial charge on any atom is -0.375 e. The summed E-state index contributed by atoms with van der Waals surface area (Å²) in [6.07, 6.45) is 1.08. The van der Waals surface area contributed by atoms with Gasteiger partial charge in [0, 0.05) is 12.4 Å². The van der Waals surface area contributed by atoms with Gasteiger partial charge in [-0.25, -0.2) is 0 Å². The zero-order valence-corrected chi connectivity index (χ0v) is 10.7. The summed E-state index contributed by atoms with van der Waals surface area (Å²) in [7, 11) is 0. The molecule has 1 unspecified atom stereocenters. The number of alkyl halides is 1. The summed E-state index contributed by atoms with van der Waals surface area (Å²) >= 11 is 5.64. The Bertz CT molecular complexity index is 134. The molecule has 1 N–H and O–H groups in total. The normalized spacial score (nSPS) is 14.4. The van der Waals surface area contributed by atoms with E-state index in [1.165, 1.54) is 0 Å². The maximum Gasteiger partial charge on any atom is 0.0599 e. The van der Waals surface area contributed by atoms with Crippen LogP contribution in [-0.2, 0) is 4.74 Å². The molecule has 2 nitrogen and oxygen atoms in total. The van der Waals surface area contributed by atoms with Crippen LogP contribution in [0.1, 0.15) is 34.1 Å². The summed E-state index contributed by atoms with van der Waals surface area (Å²) in [5.74, 6) is 1.41. The summed E-state index contributed by atoms with van der Waals surface area (Å²) in [5, 5.41) is 3.36. The van der Waals surface area contributed by atoms with Gasteiger partial charge >= 0.3 is 0 Å². The van der Waals surface area contributed by atoms with E-state index >= 15 is 0 Å². The maximum atomic E-state index is 5.64. The van der Waals surface area contributed by atoms with Crippen LogP contribution in [0.15, 0.2) is 0 Å². The molecule has 0 aromatic rings. The lowest BCUT2D eigenvalue weighted by molar-refractivity contribution is -0.000964. The molecule has 0 rings (SSSR count). The molecular weight excluding hydrogens is 198 g/mol. The Hall–Kier alpha value is 0.210. The third kappa shape index (κ3) is 10.3. The van der Waals surface area contributed by atoms with Crippen LogP contribution in [0.5, 0.6) is 0 Å². The first kappa shape index (κ1) is 14.2. The van der Waals surface area contributed by atoms with Crippen LogP contribution < -0.4 is 5.32 Å². The summed E-state index contributed by atoms with van der Waals surface area (Å²) in [6.45, 7) is 11.1. The summed E-state index contributed by atoms with van der Waals surface area (Å²) in [6, 6.07) is 0. The lowest BCUT2D eigenvalue weighted by Crippen LogP contribution is -2.29. The molecule has 3 heteroatoms. The SMILES string of the molecule is CC(CCCl)CNCCOC(C)(C)C. The molecule has 0 fully saturated rings. The van der Waals surface area contributed by atoms with Crippen molar-refractivity contribution in [1.29, 1.82) is 0 Å². The van der Waals surface area contributed by atoms with Gasteiger partial charge < -0.3 is 10.1 Å². The van der Waals surface area contributed by atoms with Gasteiger partial charge in [-0.3, -0.25) is 0 Å². The highest BCUT2D eigenvalue weighted by Crippen LogP contribution is 2.05. The van der Waals surface area contributed by atoms with E-state index in [0.29, 0.717) is 5.92 Å². The fourth-order valence-corrected chi connectivity index (χ4v) is 1.44. The van der Waals surface area contributed by atoms with Crippen molar-refractivity contribution in [3.63, 3.8) is 0 Å². The number of hydrogen-bond donors (Lipinski definition) is 1. The van der Waals surface area contributed by atoms with Crippen molar-refractivity contribution in [2.75, 3.05) is 25.6 Å². The molecule has 86 valence electrons. The van der Waals surface area contributed by atoms with E-state index in [-0.39, 0.29) is 5.60 Å². The van der Waals surface area contributed by atoms with Crippen molar-refractivity contribution in [1.82, 2.24) is 5.32 Å². The largest absolute Gasteiger partial charge is 0.375 e. The second kappa shape index (κ2) is 7.49. The Morgan fingerprint density at radius 1 is 1.36 bits per heavy atom. The molecule has 0 aromatic carbocycles. The number of hydrogen-bond acceptors (Lipinski definition) is 2. The number of nitrogens with one attached hydrogen (secondary N) is 1. The number of ether oxygens (including phenoxy) is 1. The van der Waals surface area contributed by atoms with Gasteiger partial charge in [-0.2, -0.15) is 0 Å². The van der Waals surface area contributed by atoms with E-state index in [1.54, 1.807) is 0 Å². The predicted octanol–water partition coefficient (Wildman–Crippen LogP) is 2.66. The van der Waals surface area contributed by atoms with Crippen LogP contribution in [0.3, 0.4) is 0 Å². The van der Waals surface area contributed by atoms with Gasteiger partial charge in [-0.05, 0) is 39.7 Å². The molecule has 0 aliphatic rings. The first-order valence-corrected chi connectivity index (χ1v) is 5.90. The monoisotopic (exact) mass is 221 g/mol. The summed E-state index contributed by atoms with van der Waals surface area (Å²) < 4.78 is 5.58. The number of halogens is 1. The molecule has 0 radical (unpaired) electrons. The molecule has 0 heterocycles. The average molecular weight is 222 g/mol. The van der Waals surface area contributed by atoms with Crippen molar-refractivity contribution in [2.24, 2.45) is 5.92 Å². The van der Waals surface area contributed by atoms with E-state index < -0.39 is 0 Å². The molecule has 0 bridgehead atoms. The highest BCUT2D eigenvalue weighted by molar-refractivity contribution is 6.17. The van der Waals surface area contributed by atoms with Gasteiger partial charge in [0.1, 0.15) is 0 Å². The Kier molecular flexibility index (Phi) is 7.61. The van der Waals surface area contributed by atoms with Gasteiger partial charge in [0.05, 0.1) is 12.2 Å². The van der Waals surface area contributed by atoms with Crippen molar-refractivity contribution in [3.05, 3.63) is 0 Å². The smallest absolute Gasteiger partial charge is 0.0599 e. The van der Waals surface area contributed by atoms with Crippen LogP contribution >= 0.6 is 11.6 Å². The minimum absolute atomic E-state index is 0.0244. The molecule has 0 saturated heterocycles. The molecular formula is C11H24ClNO. The predicted molar refractivity (Wildman–Crippen MR) is 63.1 cm³/mol. The quantitative estimate of drug-likeness (QED) is 0.527. The molecule has 0 aliphatic carbocycles. The van der Waals surface area contributed by atoms with E-state index in [9.17, 15) is 0 Å². The highest BCUT2D eigenvalue weighted by Gasteiger charge is 2.08. The molecule has 0 saturated carbocycles. The van der Waals surface area contributed by atoms with Crippen LogP contribution in [0.4, 0.5) is 0 Å². The average Bonchev–Trinajstić information content (AvgIpc) is 2.02. The zero-order chi connectivity index (χ0) is 11.0. The zero-order valence-electron chi connectivity index (χ0n) is 9.90. The van der Waals surface area contributed by atoms with E-state index in [2.05, 4.69) is 33.0 Å². The van der Waals surface area contributed by atoms with Gasteiger partial charge in [0.25, 0.3) is 0 Å². The number of rotatable bonds is 7. The lowest BCUT2D eigenvalue weighted by atomic mass is 10.1. The van der Waals surface area contributed by atoms with Crippen LogP contribution in [-0.4, -0.2) is 31.2 Å². The lowest BCUT2D eigenvalue weighted by Gasteiger charge is -2.20. The van der Waals surface area contributed by atoms with Crippen LogP contribution in [0, 0.1) is 5.92 Å². The molecule has 0 aromatic heterocycles. The van der Waals surface area contributed by atoms with Gasteiger partial charge in [-0.15, -0.1) is 11.6 Å². The first-order valence-electron chi connectivity index (χ1n) is 5.36. The third-order valence-electron chi connectivity index (χ3n) is 1.91. The van der Waals surface area contributed by atoms with Crippen molar-refractivity contribution in [2.45, 2.75) is 39.7 Å². The third-order valence-corrected chi connectivity index (χ3v) is 2.13. The van der Waals surface area contributed by atoms with Gasteiger partial charge in [-0.1, -0.05) is 6.92 Å². The fraction of sp³-hybridized carbons (Fsp3) is 1.00. The molecule has 0 aliphatic heterocycles. The van der Waals surface area contributed by atoms with E-state index in [1.807, 2.05) is 0 Å². The molecule has 14 heavy (non-hydrogen) atoms. The Morgan fingerprint density at radius 2 is 2.00 bits per heavy atom. The second-order valence-corrected chi connectivity index (χ2v) is 5.13. The highest BCUT2D eigenvalue weighted by atomic mass is 35.5. The van der Waals surface area contributed by atoms with Crippen LogP contribution in [0.2, 0.25) is 0 Å². The Labute approximate surface area is 93.4 Å². The van der Waals surface area contributed by atoms with Crippen LogP contribution in [0.25, 0.3) is 0 Å². The maximum absolute atomic E-state index is 5.64. The van der Waals surface area contributed by atoms with Gasteiger partial charge in [0.15, 0.2) is 0 Å². The van der Waals surface area contributed by atoms with Crippen molar-refractivity contribution < 1.29 is 4.74 Å². The second-order valence-electron chi connectivity index (χ2n) is 4.75.